The molecule has 1 N–H and O–H groups in total. The number of hydrogen-bond acceptors (Lipinski definition) is 5. The average Bonchev–Trinajstić information content (AvgIpc) is 2.36. The van der Waals surface area contributed by atoms with Crippen LogP contribution in [0.3, 0.4) is 0 Å². The Labute approximate surface area is 119 Å². The number of methoxy groups -OCH3 is 1. The summed E-state index contributed by atoms with van der Waals surface area (Å²) in [5.41, 5.74) is 0.879. The molecular formula is C14H22N2O4. The summed E-state index contributed by atoms with van der Waals surface area (Å²) < 4.78 is 5.06. The van der Waals surface area contributed by atoms with Crippen molar-refractivity contribution in [1.29, 1.82) is 0 Å². The van der Waals surface area contributed by atoms with E-state index in [2.05, 4.69) is 4.90 Å². The third-order valence-electron chi connectivity index (χ3n) is 3.06. The number of nitrogens with zero attached hydrogens (tertiary/aromatic N) is 2. The van der Waals surface area contributed by atoms with Gasteiger partial charge in [-0.15, -0.1) is 0 Å². The molecule has 0 bridgehead atoms. The van der Waals surface area contributed by atoms with Crippen LogP contribution in [0.5, 0.6) is 5.75 Å². The summed E-state index contributed by atoms with van der Waals surface area (Å²) in [6.45, 7) is 7.00. The largest absolute Gasteiger partial charge is 0.490 e. The first kappa shape index (κ1) is 16.4. The van der Waals surface area contributed by atoms with Gasteiger partial charge >= 0.3 is 5.69 Å². The fourth-order valence-electron chi connectivity index (χ4n) is 2.00. The monoisotopic (exact) mass is 282 g/mol. The van der Waals surface area contributed by atoms with E-state index in [-0.39, 0.29) is 17.5 Å². The Morgan fingerprint density at radius 2 is 2.05 bits per heavy atom. The van der Waals surface area contributed by atoms with Gasteiger partial charge in [0.2, 0.25) is 0 Å². The van der Waals surface area contributed by atoms with Crippen molar-refractivity contribution in [3.05, 3.63) is 33.9 Å². The first-order chi connectivity index (χ1) is 9.35. The van der Waals surface area contributed by atoms with E-state index >= 15 is 0 Å². The first-order valence-electron chi connectivity index (χ1n) is 6.58. The molecule has 0 heterocycles. The van der Waals surface area contributed by atoms with E-state index in [1.165, 1.54) is 13.2 Å². The van der Waals surface area contributed by atoms with E-state index in [1.807, 2.05) is 13.8 Å². The number of ether oxygens (including phenoxy) is 1. The second-order valence-electron chi connectivity index (χ2n) is 5.14. The summed E-state index contributed by atoms with van der Waals surface area (Å²) in [5.74, 6) is 0.258. The van der Waals surface area contributed by atoms with Crippen LogP contribution in [0.1, 0.15) is 26.3 Å². The highest BCUT2D eigenvalue weighted by Crippen LogP contribution is 2.28. The second kappa shape index (κ2) is 7.21. The molecule has 1 aromatic carbocycles. The third kappa shape index (κ3) is 4.47. The summed E-state index contributed by atoms with van der Waals surface area (Å²) in [6, 6.07) is 5.12. The highest BCUT2D eigenvalue weighted by atomic mass is 16.6. The zero-order chi connectivity index (χ0) is 15.3. The normalized spacial score (nSPS) is 12.8. The van der Waals surface area contributed by atoms with Crippen LogP contribution in [0.2, 0.25) is 0 Å². The molecule has 0 fully saturated rings. The minimum Gasteiger partial charge on any atom is -0.490 e. The van der Waals surface area contributed by atoms with Crippen LogP contribution in [0.25, 0.3) is 0 Å². The number of nitro groups is 1. The molecule has 1 rings (SSSR count). The molecule has 0 aromatic heterocycles. The second-order valence-corrected chi connectivity index (χ2v) is 5.14. The topological polar surface area (TPSA) is 75.8 Å². The Hall–Kier alpha value is -1.66. The number of benzene rings is 1. The van der Waals surface area contributed by atoms with Gasteiger partial charge < -0.3 is 9.84 Å². The SMILES string of the molecule is COc1cc(CN(CC(C)O)C(C)C)ccc1[N+](=O)[O-]. The van der Waals surface area contributed by atoms with E-state index in [9.17, 15) is 15.2 Å². The van der Waals surface area contributed by atoms with Crippen LogP contribution < -0.4 is 4.74 Å². The molecule has 112 valence electrons. The predicted molar refractivity (Wildman–Crippen MR) is 76.9 cm³/mol. The first-order valence-corrected chi connectivity index (χ1v) is 6.58. The summed E-state index contributed by atoms with van der Waals surface area (Å²) in [4.78, 5) is 12.5. The Kier molecular flexibility index (Phi) is 5.91. The van der Waals surface area contributed by atoms with Crippen molar-refractivity contribution in [2.45, 2.75) is 39.5 Å². The van der Waals surface area contributed by atoms with Crippen molar-refractivity contribution in [2.24, 2.45) is 0 Å². The number of nitro benzene ring substituents is 1. The lowest BCUT2D eigenvalue weighted by Crippen LogP contribution is -2.36. The van der Waals surface area contributed by atoms with Gasteiger partial charge in [0.15, 0.2) is 5.75 Å². The highest BCUT2D eigenvalue weighted by molar-refractivity contribution is 5.48. The minimum absolute atomic E-state index is 0.0390. The lowest BCUT2D eigenvalue weighted by molar-refractivity contribution is -0.385. The number of aliphatic hydroxyl groups excluding tert-OH is 1. The maximum absolute atomic E-state index is 10.8. The lowest BCUT2D eigenvalue weighted by atomic mass is 10.1. The van der Waals surface area contributed by atoms with Gasteiger partial charge in [-0.1, -0.05) is 6.07 Å². The van der Waals surface area contributed by atoms with Gasteiger partial charge in [0.1, 0.15) is 0 Å². The molecule has 0 saturated carbocycles. The van der Waals surface area contributed by atoms with Crippen molar-refractivity contribution < 1.29 is 14.8 Å². The Morgan fingerprint density at radius 3 is 2.50 bits per heavy atom. The van der Waals surface area contributed by atoms with E-state index in [0.29, 0.717) is 13.1 Å². The molecule has 0 spiro atoms. The molecule has 0 aliphatic heterocycles. The van der Waals surface area contributed by atoms with E-state index in [0.717, 1.165) is 5.56 Å². The van der Waals surface area contributed by atoms with Gasteiger partial charge in [-0.3, -0.25) is 15.0 Å². The Balaban J connectivity index is 2.93. The van der Waals surface area contributed by atoms with Crippen LogP contribution >= 0.6 is 0 Å². The summed E-state index contributed by atoms with van der Waals surface area (Å²) >= 11 is 0. The van der Waals surface area contributed by atoms with Crippen LogP contribution in [0.15, 0.2) is 18.2 Å². The molecule has 0 aliphatic rings. The smallest absolute Gasteiger partial charge is 0.310 e. The van der Waals surface area contributed by atoms with Crippen molar-refractivity contribution in [3.8, 4) is 5.75 Å². The van der Waals surface area contributed by atoms with Gasteiger partial charge in [-0.05, 0) is 32.4 Å². The maximum Gasteiger partial charge on any atom is 0.310 e. The summed E-state index contributed by atoms with van der Waals surface area (Å²) in [5, 5.41) is 20.4. The molecule has 1 unspecified atom stereocenters. The molecule has 6 heteroatoms. The molecule has 1 aromatic rings. The van der Waals surface area contributed by atoms with Crippen LogP contribution in [0, 0.1) is 10.1 Å². The number of hydrogen-bond donors (Lipinski definition) is 1. The zero-order valence-corrected chi connectivity index (χ0v) is 12.4. The standard InChI is InChI=1S/C14H22N2O4/c1-10(2)15(8-11(3)17)9-12-5-6-13(16(18)19)14(7-12)20-4/h5-7,10-11,17H,8-9H2,1-4H3. The van der Waals surface area contributed by atoms with Crippen molar-refractivity contribution in [1.82, 2.24) is 4.90 Å². The van der Waals surface area contributed by atoms with Gasteiger partial charge in [-0.25, -0.2) is 0 Å². The maximum atomic E-state index is 10.8. The highest BCUT2D eigenvalue weighted by Gasteiger charge is 2.17. The summed E-state index contributed by atoms with van der Waals surface area (Å²) in [7, 11) is 1.42. The molecule has 0 radical (unpaired) electrons. The summed E-state index contributed by atoms with van der Waals surface area (Å²) in [6.07, 6.45) is -0.419. The molecule has 0 aliphatic carbocycles. The minimum atomic E-state index is -0.460. The average molecular weight is 282 g/mol. The van der Waals surface area contributed by atoms with Crippen LogP contribution in [-0.2, 0) is 6.54 Å². The van der Waals surface area contributed by atoms with E-state index in [1.54, 1.807) is 19.1 Å². The van der Waals surface area contributed by atoms with Gasteiger partial charge in [0.25, 0.3) is 0 Å². The van der Waals surface area contributed by atoms with Crippen molar-refractivity contribution in [2.75, 3.05) is 13.7 Å². The number of rotatable bonds is 7. The van der Waals surface area contributed by atoms with Gasteiger partial charge in [0, 0.05) is 25.2 Å². The van der Waals surface area contributed by atoms with Crippen molar-refractivity contribution in [3.63, 3.8) is 0 Å². The zero-order valence-electron chi connectivity index (χ0n) is 12.4. The van der Waals surface area contributed by atoms with Crippen LogP contribution in [0.4, 0.5) is 5.69 Å². The quantitative estimate of drug-likeness (QED) is 0.613. The molecule has 0 saturated heterocycles. The van der Waals surface area contributed by atoms with Crippen molar-refractivity contribution >= 4 is 5.69 Å². The molecule has 20 heavy (non-hydrogen) atoms. The fraction of sp³-hybridized carbons (Fsp3) is 0.571. The Morgan fingerprint density at radius 1 is 1.40 bits per heavy atom. The third-order valence-corrected chi connectivity index (χ3v) is 3.06. The van der Waals surface area contributed by atoms with E-state index < -0.39 is 11.0 Å². The van der Waals surface area contributed by atoms with Gasteiger partial charge in [-0.2, -0.15) is 0 Å². The van der Waals surface area contributed by atoms with Gasteiger partial charge in [0.05, 0.1) is 18.1 Å². The van der Waals surface area contributed by atoms with E-state index in [4.69, 9.17) is 4.74 Å². The molecule has 0 amide bonds. The Bertz CT molecular complexity index is 460. The molecule has 6 nitrogen and oxygen atoms in total. The fourth-order valence-corrected chi connectivity index (χ4v) is 2.00. The molecule has 1 atom stereocenters. The lowest BCUT2D eigenvalue weighted by Gasteiger charge is -2.27. The number of aliphatic hydroxyl groups is 1. The predicted octanol–water partition coefficient (Wildman–Crippen LogP) is 2.19. The molecular weight excluding hydrogens is 260 g/mol. The van der Waals surface area contributed by atoms with Crippen LogP contribution in [-0.4, -0.2) is 40.7 Å².